The molecule has 2 rings (SSSR count). The Morgan fingerprint density at radius 3 is 2.50 bits per heavy atom. The molecule has 2 N–H and O–H groups in total. The van der Waals surface area contributed by atoms with Gasteiger partial charge in [0.1, 0.15) is 5.82 Å². The van der Waals surface area contributed by atoms with Gasteiger partial charge in [0.15, 0.2) is 0 Å². The van der Waals surface area contributed by atoms with Crippen molar-refractivity contribution in [3.8, 4) is 0 Å². The highest BCUT2D eigenvalue weighted by molar-refractivity contribution is 6.30. The van der Waals surface area contributed by atoms with Gasteiger partial charge in [-0.05, 0) is 45.9 Å². The molecule has 0 aliphatic heterocycles. The Morgan fingerprint density at radius 2 is 1.85 bits per heavy atom. The van der Waals surface area contributed by atoms with E-state index in [0.717, 1.165) is 17.2 Å². The number of anilines is 3. The minimum atomic E-state index is -0.0475. The van der Waals surface area contributed by atoms with Gasteiger partial charge in [-0.1, -0.05) is 17.7 Å². The van der Waals surface area contributed by atoms with Gasteiger partial charge in [0.05, 0.1) is 0 Å². The summed E-state index contributed by atoms with van der Waals surface area (Å²) in [4.78, 5) is 8.85. The molecule has 0 saturated heterocycles. The summed E-state index contributed by atoms with van der Waals surface area (Å²) in [6, 6.07) is 9.40. The van der Waals surface area contributed by atoms with Crippen molar-refractivity contribution in [3.05, 3.63) is 41.0 Å². The van der Waals surface area contributed by atoms with Crippen molar-refractivity contribution in [2.75, 3.05) is 10.6 Å². The number of hydrogen-bond donors (Lipinski definition) is 2. The smallest absolute Gasteiger partial charge is 0.229 e. The van der Waals surface area contributed by atoms with E-state index in [4.69, 9.17) is 11.6 Å². The number of nitrogens with one attached hydrogen (secondary N) is 2. The lowest BCUT2D eigenvalue weighted by atomic mass is 10.1. The Hall–Kier alpha value is -1.81. The van der Waals surface area contributed by atoms with E-state index in [2.05, 4.69) is 41.4 Å². The first kappa shape index (κ1) is 14.6. The van der Waals surface area contributed by atoms with Crippen LogP contribution in [-0.4, -0.2) is 15.5 Å². The molecule has 4 nitrogen and oxygen atoms in total. The zero-order valence-corrected chi connectivity index (χ0v) is 12.9. The zero-order chi connectivity index (χ0) is 14.8. The minimum absolute atomic E-state index is 0.0475. The second-order valence-electron chi connectivity index (χ2n) is 5.73. The molecule has 1 aromatic heterocycles. The maximum atomic E-state index is 5.97. The predicted molar refractivity (Wildman–Crippen MR) is 84.9 cm³/mol. The van der Waals surface area contributed by atoms with E-state index in [9.17, 15) is 0 Å². The van der Waals surface area contributed by atoms with Crippen LogP contribution in [0.1, 0.15) is 26.5 Å². The van der Waals surface area contributed by atoms with Crippen molar-refractivity contribution in [3.63, 3.8) is 0 Å². The number of hydrogen-bond acceptors (Lipinski definition) is 4. The minimum Gasteiger partial charge on any atom is -0.365 e. The quantitative estimate of drug-likeness (QED) is 0.880. The van der Waals surface area contributed by atoms with Crippen LogP contribution >= 0.6 is 11.6 Å². The lowest BCUT2D eigenvalue weighted by Crippen LogP contribution is -2.27. The van der Waals surface area contributed by atoms with Crippen LogP contribution in [0.2, 0.25) is 5.02 Å². The van der Waals surface area contributed by atoms with E-state index in [1.54, 1.807) is 0 Å². The number of benzene rings is 1. The third-order valence-corrected chi connectivity index (χ3v) is 2.67. The first-order valence-corrected chi connectivity index (χ1v) is 6.86. The lowest BCUT2D eigenvalue weighted by molar-refractivity contribution is 0.630. The third kappa shape index (κ3) is 4.38. The summed E-state index contributed by atoms with van der Waals surface area (Å²) in [5, 5.41) is 7.18. The molecule has 0 aliphatic carbocycles. The molecule has 20 heavy (non-hydrogen) atoms. The van der Waals surface area contributed by atoms with Crippen LogP contribution in [-0.2, 0) is 0 Å². The largest absolute Gasteiger partial charge is 0.365 e. The molecular formula is C15H19ClN4. The standard InChI is InChI=1S/C15H19ClN4/c1-10-8-13(20-15(2,3)4)19-14(17-10)18-12-7-5-6-11(16)9-12/h5-9H,1-4H3,(H2,17,18,19,20). The normalized spacial score (nSPS) is 11.2. The van der Waals surface area contributed by atoms with E-state index in [1.807, 2.05) is 37.3 Å². The fourth-order valence-electron chi connectivity index (χ4n) is 1.77. The second kappa shape index (κ2) is 5.67. The van der Waals surface area contributed by atoms with Crippen molar-refractivity contribution >= 4 is 29.1 Å². The fourth-order valence-corrected chi connectivity index (χ4v) is 1.96. The zero-order valence-electron chi connectivity index (χ0n) is 12.2. The Bertz CT molecular complexity index is 605. The number of rotatable bonds is 3. The molecule has 0 atom stereocenters. The van der Waals surface area contributed by atoms with Crippen molar-refractivity contribution in [2.24, 2.45) is 0 Å². The summed E-state index contributed by atoms with van der Waals surface area (Å²) in [5.41, 5.74) is 1.72. The van der Waals surface area contributed by atoms with Crippen LogP contribution in [0.25, 0.3) is 0 Å². The maximum Gasteiger partial charge on any atom is 0.229 e. The van der Waals surface area contributed by atoms with Crippen LogP contribution in [0.15, 0.2) is 30.3 Å². The van der Waals surface area contributed by atoms with Gasteiger partial charge in [0.25, 0.3) is 0 Å². The highest BCUT2D eigenvalue weighted by Crippen LogP contribution is 2.20. The molecule has 5 heteroatoms. The van der Waals surface area contributed by atoms with Crippen molar-refractivity contribution < 1.29 is 0 Å². The fraction of sp³-hybridized carbons (Fsp3) is 0.333. The Morgan fingerprint density at radius 1 is 1.10 bits per heavy atom. The van der Waals surface area contributed by atoms with Crippen LogP contribution in [0.4, 0.5) is 17.5 Å². The predicted octanol–water partition coefficient (Wildman–Crippen LogP) is 4.39. The van der Waals surface area contributed by atoms with Crippen molar-refractivity contribution in [1.82, 2.24) is 9.97 Å². The number of aromatic nitrogens is 2. The molecule has 0 spiro atoms. The SMILES string of the molecule is Cc1cc(NC(C)(C)C)nc(Nc2cccc(Cl)c2)n1. The van der Waals surface area contributed by atoms with Gasteiger partial charge in [-0.3, -0.25) is 0 Å². The third-order valence-electron chi connectivity index (χ3n) is 2.44. The molecule has 0 unspecified atom stereocenters. The summed E-state index contributed by atoms with van der Waals surface area (Å²) in [6.07, 6.45) is 0. The second-order valence-corrected chi connectivity index (χ2v) is 6.16. The maximum absolute atomic E-state index is 5.97. The molecule has 106 valence electrons. The monoisotopic (exact) mass is 290 g/mol. The lowest BCUT2D eigenvalue weighted by Gasteiger charge is -2.21. The summed E-state index contributed by atoms with van der Waals surface area (Å²) < 4.78 is 0. The molecule has 1 aromatic carbocycles. The van der Waals surface area contributed by atoms with Gasteiger partial charge in [0.2, 0.25) is 5.95 Å². The summed E-state index contributed by atoms with van der Waals surface area (Å²) in [6.45, 7) is 8.22. The molecule has 0 radical (unpaired) electrons. The molecule has 0 aliphatic rings. The van der Waals surface area contributed by atoms with E-state index in [0.29, 0.717) is 11.0 Å². The van der Waals surface area contributed by atoms with Crippen LogP contribution in [0.5, 0.6) is 0 Å². The number of halogens is 1. The van der Waals surface area contributed by atoms with E-state index in [1.165, 1.54) is 0 Å². The number of nitrogens with zero attached hydrogens (tertiary/aromatic N) is 2. The van der Waals surface area contributed by atoms with Crippen molar-refractivity contribution in [1.29, 1.82) is 0 Å². The van der Waals surface area contributed by atoms with Gasteiger partial charge in [-0.25, -0.2) is 4.98 Å². The average Bonchev–Trinajstić information content (AvgIpc) is 2.25. The Kier molecular flexibility index (Phi) is 4.14. The topological polar surface area (TPSA) is 49.8 Å². The molecule has 0 amide bonds. The van der Waals surface area contributed by atoms with Gasteiger partial charge in [0, 0.05) is 28.0 Å². The Labute approximate surface area is 124 Å². The first-order valence-electron chi connectivity index (χ1n) is 6.48. The molecule has 0 saturated carbocycles. The average molecular weight is 291 g/mol. The summed E-state index contributed by atoms with van der Waals surface area (Å²) >= 11 is 5.97. The first-order chi connectivity index (χ1) is 9.32. The van der Waals surface area contributed by atoms with Gasteiger partial charge in [-0.15, -0.1) is 0 Å². The molecule has 0 bridgehead atoms. The molecular weight excluding hydrogens is 272 g/mol. The molecule has 0 fully saturated rings. The highest BCUT2D eigenvalue weighted by atomic mass is 35.5. The van der Waals surface area contributed by atoms with Gasteiger partial charge >= 0.3 is 0 Å². The van der Waals surface area contributed by atoms with Crippen LogP contribution < -0.4 is 10.6 Å². The summed E-state index contributed by atoms with van der Waals surface area (Å²) in [5.74, 6) is 1.36. The van der Waals surface area contributed by atoms with E-state index < -0.39 is 0 Å². The number of aryl methyl sites for hydroxylation is 1. The van der Waals surface area contributed by atoms with Gasteiger partial charge in [-0.2, -0.15) is 4.98 Å². The van der Waals surface area contributed by atoms with Crippen LogP contribution in [0.3, 0.4) is 0 Å². The summed E-state index contributed by atoms with van der Waals surface area (Å²) in [7, 11) is 0. The molecule has 2 aromatic rings. The molecule has 1 heterocycles. The van der Waals surface area contributed by atoms with Gasteiger partial charge < -0.3 is 10.6 Å². The van der Waals surface area contributed by atoms with E-state index in [-0.39, 0.29) is 5.54 Å². The van der Waals surface area contributed by atoms with Crippen LogP contribution in [0, 0.1) is 6.92 Å². The Balaban J connectivity index is 2.24. The highest BCUT2D eigenvalue weighted by Gasteiger charge is 2.11. The van der Waals surface area contributed by atoms with Crippen molar-refractivity contribution in [2.45, 2.75) is 33.2 Å². The van der Waals surface area contributed by atoms with E-state index >= 15 is 0 Å².